The van der Waals surface area contributed by atoms with Crippen LogP contribution in [-0.4, -0.2) is 35.4 Å². The van der Waals surface area contributed by atoms with E-state index in [0.29, 0.717) is 5.56 Å². The molecule has 0 bridgehead atoms. The van der Waals surface area contributed by atoms with E-state index < -0.39 is 6.04 Å². The van der Waals surface area contributed by atoms with Crippen LogP contribution in [-0.2, 0) is 0 Å². The second-order valence-corrected chi connectivity index (χ2v) is 3.40. The number of hydrogen-bond acceptors (Lipinski definition) is 3. The molecule has 1 aromatic rings. The summed E-state index contributed by atoms with van der Waals surface area (Å²) in [4.78, 5) is 11.6. The molecular weight excluding hydrogens is 194 g/mol. The van der Waals surface area contributed by atoms with Gasteiger partial charge in [0.15, 0.2) is 0 Å². The molecule has 0 saturated heterocycles. The molecule has 0 aliphatic rings. The van der Waals surface area contributed by atoms with Crippen molar-refractivity contribution in [2.45, 2.75) is 13.0 Å². The lowest BCUT2D eigenvalue weighted by Gasteiger charge is -2.13. The molecule has 4 nitrogen and oxygen atoms in total. The first-order valence-electron chi connectivity index (χ1n) is 4.76. The highest BCUT2D eigenvalue weighted by Gasteiger charge is 2.11. The van der Waals surface area contributed by atoms with Gasteiger partial charge in [-0.15, -0.1) is 0 Å². The molecule has 0 aromatic heterocycles. The van der Waals surface area contributed by atoms with E-state index in [1.165, 1.54) is 0 Å². The average Bonchev–Trinajstić information content (AvgIpc) is 2.26. The predicted octanol–water partition coefficient (Wildman–Crippen LogP) is 0.0780. The van der Waals surface area contributed by atoms with Crippen molar-refractivity contribution < 1.29 is 15.0 Å². The summed E-state index contributed by atoms with van der Waals surface area (Å²) < 4.78 is 0. The van der Waals surface area contributed by atoms with Crippen LogP contribution in [0.5, 0.6) is 0 Å². The Morgan fingerprint density at radius 1 is 1.27 bits per heavy atom. The van der Waals surface area contributed by atoms with Gasteiger partial charge in [-0.2, -0.15) is 0 Å². The Kier molecular flexibility index (Phi) is 4.27. The van der Waals surface area contributed by atoms with Gasteiger partial charge in [-0.05, 0) is 19.1 Å². The van der Waals surface area contributed by atoms with Crippen LogP contribution in [0, 0.1) is 6.92 Å². The number of carbonyl (C=O) groups is 1. The minimum atomic E-state index is -0.598. The molecule has 3 N–H and O–H groups in total. The van der Waals surface area contributed by atoms with Crippen LogP contribution in [0.3, 0.4) is 0 Å². The third-order valence-electron chi connectivity index (χ3n) is 2.09. The van der Waals surface area contributed by atoms with Gasteiger partial charge >= 0.3 is 0 Å². The van der Waals surface area contributed by atoms with Crippen LogP contribution in [0.4, 0.5) is 0 Å². The fourth-order valence-electron chi connectivity index (χ4n) is 1.12. The lowest BCUT2D eigenvalue weighted by molar-refractivity contribution is 0.0879. The fourth-order valence-corrected chi connectivity index (χ4v) is 1.12. The van der Waals surface area contributed by atoms with Gasteiger partial charge in [0.1, 0.15) is 0 Å². The van der Waals surface area contributed by atoms with E-state index in [2.05, 4.69) is 5.32 Å². The van der Waals surface area contributed by atoms with E-state index in [-0.39, 0.29) is 19.1 Å². The maximum atomic E-state index is 11.6. The molecule has 82 valence electrons. The molecule has 0 fully saturated rings. The summed E-state index contributed by atoms with van der Waals surface area (Å²) in [5.41, 5.74) is 1.60. The minimum Gasteiger partial charge on any atom is -0.394 e. The third-order valence-corrected chi connectivity index (χ3v) is 2.09. The molecule has 0 aliphatic carbocycles. The fraction of sp³-hybridized carbons (Fsp3) is 0.364. The Morgan fingerprint density at radius 3 is 2.27 bits per heavy atom. The van der Waals surface area contributed by atoms with Crippen molar-refractivity contribution in [1.82, 2.24) is 5.32 Å². The normalized spacial score (nSPS) is 10.4. The molecule has 1 amide bonds. The molecule has 0 unspecified atom stereocenters. The molecule has 0 atom stereocenters. The van der Waals surface area contributed by atoms with Gasteiger partial charge in [0.2, 0.25) is 0 Å². The third kappa shape index (κ3) is 3.34. The van der Waals surface area contributed by atoms with Gasteiger partial charge in [-0.3, -0.25) is 4.79 Å². The van der Waals surface area contributed by atoms with Crippen LogP contribution in [0.25, 0.3) is 0 Å². The van der Waals surface area contributed by atoms with Gasteiger partial charge in [0, 0.05) is 5.56 Å². The molecule has 4 heteroatoms. The molecule has 0 radical (unpaired) electrons. The predicted molar refractivity (Wildman–Crippen MR) is 56.6 cm³/mol. The van der Waals surface area contributed by atoms with E-state index >= 15 is 0 Å². The first kappa shape index (κ1) is 11.7. The Bertz CT molecular complexity index is 317. The molecule has 0 saturated carbocycles. The monoisotopic (exact) mass is 209 g/mol. The Hall–Kier alpha value is -1.39. The highest BCUT2D eigenvalue weighted by Crippen LogP contribution is 2.03. The summed E-state index contributed by atoms with van der Waals surface area (Å²) in [7, 11) is 0. The van der Waals surface area contributed by atoms with Crippen molar-refractivity contribution in [3.63, 3.8) is 0 Å². The first-order valence-corrected chi connectivity index (χ1v) is 4.76. The topological polar surface area (TPSA) is 69.6 Å². The van der Waals surface area contributed by atoms with Crippen LogP contribution in [0.1, 0.15) is 15.9 Å². The van der Waals surface area contributed by atoms with Crippen molar-refractivity contribution in [2.75, 3.05) is 13.2 Å². The van der Waals surface area contributed by atoms with E-state index in [1.54, 1.807) is 12.1 Å². The largest absolute Gasteiger partial charge is 0.394 e. The summed E-state index contributed by atoms with van der Waals surface area (Å²) in [5.74, 6) is -0.289. The van der Waals surface area contributed by atoms with Crippen molar-refractivity contribution in [3.05, 3.63) is 35.4 Å². The van der Waals surface area contributed by atoms with Gasteiger partial charge < -0.3 is 15.5 Å². The number of carbonyl (C=O) groups excluding carboxylic acids is 1. The summed E-state index contributed by atoms with van der Waals surface area (Å²) in [6.07, 6.45) is 0. The number of aliphatic hydroxyl groups is 2. The van der Waals surface area contributed by atoms with E-state index in [4.69, 9.17) is 10.2 Å². The Balaban J connectivity index is 2.64. The van der Waals surface area contributed by atoms with Crippen LogP contribution >= 0.6 is 0 Å². The molecule has 15 heavy (non-hydrogen) atoms. The highest BCUT2D eigenvalue weighted by molar-refractivity contribution is 5.94. The number of amides is 1. The van der Waals surface area contributed by atoms with Crippen LogP contribution in [0.2, 0.25) is 0 Å². The van der Waals surface area contributed by atoms with Gasteiger partial charge in [-0.1, -0.05) is 17.7 Å². The van der Waals surface area contributed by atoms with Crippen molar-refractivity contribution in [2.24, 2.45) is 0 Å². The van der Waals surface area contributed by atoms with Crippen LogP contribution in [0.15, 0.2) is 24.3 Å². The van der Waals surface area contributed by atoms with E-state index in [9.17, 15) is 4.79 Å². The maximum Gasteiger partial charge on any atom is 0.251 e. The zero-order valence-electron chi connectivity index (χ0n) is 8.60. The highest BCUT2D eigenvalue weighted by atomic mass is 16.3. The molecule has 0 heterocycles. The average molecular weight is 209 g/mol. The van der Waals surface area contributed by atoms with E-state index in [1.807, 2.05) is 19.1 Å². The molecule has 1 rings (SSSR count). The number of nitrogens with one attached hydrogen (secondary N) is 1. The summed E-state index contributed by atoms with van der Waals surface area (Å²) in [6.45, 7) is 1.40. The summed E-state index contributed by atoms with van der Waals surface area (Å²) in [6, 6.07) is 6.48. The second-order valence-electron chi connectivity index (χ2n) is 3.40. The summed E-state index contributed by atoms with van der Waals surface area (Å²) >= 11 is 0. The van der Waals surface area contributed by atoms with Crippen LogP contribution < -0.4 is 5.32 Å². The van der Waals surface area contributed by atoms with Gasteiger partial charge in [-0.25, -0.2) is 0 Å². The number of aliphatic hydroxyl groups excluding tert-OH is 2. The molecule has 1 aromatic carbocycles. The van der Waals surface area contributed by atoms with Gasteiger partial charge in [0.25, 0.3) is 5.91 Å². The summed E-state index contributed by atoms with van der Waals surface area (Å²) in [5, 5.41) is 20.1. The lowest BCUT2D eigenvalue weighted by Crippen LogP contribution is -2.40. The second kappa shape index (κ2) is 5.48. The number of aryl methyl sites for hydroxylation is 1. The quantitative estimate of drug-likeness (QED) is 0.657. The Morgan fingerprint density at radius 2 is 1.80 bits per heavy atom. The van der Waals surface area contributed by atoms with Crippen molar-refractivity contribution >= 4 is 5.91 Å². The maximum absolute atomic E-state index is 11.6. The smallest absolute Gasteiger partial charge is 0.251 e. The molecule has 0 spiro atoms. The SMILES string of the molecule is Cc1ccc(C(=O)NC(CO)CO)cc1. The number of rotatable bonds is 4. The standard InChI is InChI=1S/C11H15NO3/c1-8-2-4-9(5-3-8)11(15)12-10(6-13)7-14/h2-5,10,13-14H,6-7H2,1H3,(H,12,15). The number of benzene rings is 1. The van der Waals surface area contributed by atoms with Crippen molar-refractivity contribution in [1.29, 1.82) is 0 Å². The first-order chi connectivity index (χ1) is 7.17. The zero-order chi connectivity index (χ0) is 11.3. The number of hydrogen-bond donors (Lipinski definition) is 3. The zero-order valence-corrected chi connectivity index (χ0v) is 8.60. The van der Waals surface area contributed by atoms with Crippen molar-refractivity contribution in [3.8, 4) is 0 Å². The molecular formula is C11H15NO3. The van der Waals surface area contributed by atoms with E-state index in [0.717, 1.165) is 5.56 Å². The minimum absolute atomic E-state index is 0.270. The molecule has 0 aliphatic heterocycles. The Labute approximate surface area is 88.6 Å². The van der Waals surface area contributed by atoms with Gasteiger partial charge in [0.05, 0.1) is 19.3 Å². The lowest BCUT2D eigenvalue weighted by atomic mass is 10.1.